The fourth-order valence-corrected chi connectivity index (χ4v) is 3.12. The minimum Gasteiger partial charge on any atom is -0.494 e. The Morgan fingerprint density at radius 1 is 1.50 bits per heavy atom. The molecule has 108 valence electrons. The van der Waals surface area contributed by atoms with E-state index in [1.807, 2.05) is 19.1 Å². The predicted octanol–water partition coefficient (Wildman–Crippen LogP) is 3.69. The predicted molar refractivity (Wildman–Crippen MR) is 79.6 cm³/mol. The van der Waals surface area contributed by atoms with Crippen LogP contribution in [0.2, 0.25) is 0 Å². The van der Waals surface area contributed by atoms with Gasteiger partial charge in [-0.15, -0.1) is 11.6 Å². The zero-order chi connectivity index (χ0) is 14.3. The molecule has 3 rings (SSSR count). The number of halogens is 1. The summed E-state index contributed by atoms with van der Waals surface area (Å²) in [6.07, 6.45) is 1.16. The lowest BCUT2D eigenvalue weighted by atomic mass is 10.1. The summed E-state index contributed by atoms with van der Waals surface area (Å²) < 4.78 is 13.4. The van der Waals surface area contributed by atoms with Crippen LogP contribution in [0.3, 0.4) is 0 Å². The van der Waals surface area contributed by atoms with Gasteiger partial charge >= 0.3 is 0 Å². The Kier molecular flexibility index (Phi) is 3.61. The van der Waals surface area contributed by atoms with Crippen LogP contribution in [0.15, 0.2) is 18.2 Å². The Morgan fingerprint density at radius 2 is 2.30 bits per heavy atom. The van der Waals surface area contributed by atoms with E-state index in [9.17, 15) is 0 Å². The maximum atomic E-state index is 6.34. The van der Waals surface area contributed by atoms with Crippen molar-refractivity contribution in [3.63, 3.8) is 0 Å². The zero-order valence-corrected chi connectivity index (χ0v) is 12.7. The average Bonchev–Trinajstić information content (AvgIpc) is 3.01. The largest absolute Gasteiger partial charge is 0.494 e. The first-order valence-electron chi connectivity index (χ1n) is 6.94. The minimum absolute atomic E-state index is 0.153. The molecule has 1 aromatic carbocycles. The van der Waals surface area contributed by atoms with Crippen LogP contribution >= 0.6 is 11.6 Å². The summed E-state index contributed by atoms with van der Waals surface area (Å²) in [5.41, 5.74) is 1.94. The monoisotopic (exact) mass is 294 g/mol. The molecule has 1 aliphatic heterocycles. The van der Waals surface area contributed by atoms with Crippen LogP contribution in [-0.2, 0) is 4.74 Å². The van der Waals surface area contributed by atoms with Crippen LogP contribution in [0.25, 0.3) is 11.0 Å². The Morgan fingerprint density at radius 3 is 2.90 bits per heavy atom. The summed E-state index contributed by atoms with van der Waals surface area (Å²) in [6.45, 7) is 4.84. The first-order chi connectivity index (χ1) is 9.63. The number of para-hydroxylation sites is 1. The van der Waals surface area contributed by atoms with Crippen molar-refractivity contribution in [2.75, 3.05) is 13.7 Å². The normalized spacial score (nSPS) is 24.2. The van der Waals surface area contributed by atoms with Crippen LogP contribution in [0.1, 0.15) is 37.5 Å². The molecule has 0 radical (unpaired) electrons. The highest BCUT2D eigenvalue weighted by Crippen LogP contribution is 2.36. The van der Waals surface area contributed by atoms with Gasteiger partial charge in [-0.2, -0.15) is 0 Å². The van der Waals surface area contributed by atoms with Gasteiger partial charge in [-0.25, -0.2) is 4.98 Å². The molecule has 1 fully saturated rings. The van der Waals surface area contributed by atoms with Gasteiger partial charge in [0, 0.05) is 6.61 Å². The van der Waals surface area contributed by atoms with E-state index < -0.39 is 0 Å². The topological polar surface area (TPSA) is 36.3 Å². The molecule has 2 heterocycles. The first-order valence-corrected chi connectivity index (χ1v) is 7.37. The summed E-state index contributed by atoms with van der Waals surface area (Å²) in [5.74, 6) is 1.67. The van der Waals surface area contributed by atoms with Gasteiger partial charge in [0.15, 0.2) is 0 Å². The molecule has 0 saturated carbocycles. The highest BCUT2D eigenvalue weighted by Gasteiger charge is 2.31. The molecule has 0 amide bonds. The fourth-order valence-electron chi connectivity index (χ4n) is 2.96. The van der Waals surface area contributed by atoms with Crippen molar-refractivity contribution in [1.82, 2.24) is 9.55 Å². The van der Waals surface area contributed by atoms with Gasteiger partial charge < -0.3 is 14.0 Å². The number of rotatable bonds is 3. The van der Waals surface area contributed by atoms with Crippen molar-refractivity contribution >= 4 is 22.6 Å². The van der Waals surface area contributed by atoms with E-state index in [-0.39, 0.29) is 17.5 Å². The number of nitrogens with zero attached hydrogens (tertiary/aromatic N) is 2. The van der Waals surface area contributed by atoms with Crippen molar-refractivity contribution in [3.05, 3.63) is 24.0 Å². The molecule has 1 saturated heterocycles. The molecular weight excluding hydrogens is 276 g/mol. The molecular formula is C15H19ClN2O2. The van der Waals surface area contributed by atoms with Crippen molar-refractivity contribution in [3.8, 4) is 5.75 Å². The fraction of sp³-hybridized carbons (Fsp3) is 0.533. The van der Waals surface area contributed by atoms with Crippen molar-refractivity contribution < 1.29 is 9.47 Å². The van der Waals surface area contributed by atoms with E-state index in [1.54, 1.807) is 7.11 Å². The second kappa shape index (κ2) is 5.26. The maximum Gasteiger partial charge on any atom is 0.146 e. The quantitative estimate of drug-likeness (QED) is 0.810. The molecule has 0 aliphatic carbocycles. The third-order valence-electron chi connectivity index (χ3n) is 3.95. The number of ether oxygens (including phenoxy) is 2. The smallest absolute Gasteiger partial charge is 0.146 e. The maximum absolute atomic E-state index is 6.34. The zero-order valence-electron chi connectivity index (χ0n) is 12.0. The van der Waals surface area contributed by atoms with E-state index in [2.05, 4.69) is 17.6 Å². The molecule has 1 aromatic heterocycles. The number of aromatic nitrogens is 2. The van der Waals surface area contributed by atoms with Gasteiger partial charge in [-0.05, 0) is 32.4 Å². The third-order valence-corrected chi connectivity index (χ3v) is 4.15. The molecule has 0 spiro atoms. The van der Waals surface area contributed by atoms with Gasteiger partial charge in [0.1, 0.15) is 17.1 Å². The van der Waals surface area contributed by atoms with Gasteiger partial charge in [0.25, 0.3) is 0 Å². The Balaban J connectivity index is 2.24. The summed E-state index contributed by atoms with van der Waals surface area (Å²) >= 11 is 6.34. The van der Waals surface area contributed by atoms with Crippen molar-refractivity contribution in [2.45, 2.75) is 37.8 Å². The molecule has 3 atom stereocenters. The number of methoxy groups -OCH3 is 1. The Labute approximate surface area is 123 Å². The van der Waals surface area contributed by atoms with Crippen LogP contribution in [0, 0.1) is 0 Å². The molecule has 1 aliphatic rings. The standard InChI is InChI=1S/C15H19ClN2O2/c1-9(16)15-17-14-12(5-4-6-13(14)19-3)18(15)11-7-8-20-10(11)2/h4-6,9-11H,7-8H2,1-3H3. The van der Waals surface area contributed by atoms with E-state index in [0.717, 1.165) is 35.6 Å². The summed E-state index contributed by atoms with van der Waals surface area (Å²) in [7, 11) is 1.67. The lowest BCUT2D eigenvalue weighted by molar-refractivity contribution is 0.108. The number of hydrogen-bond donors (Lipinski definition) is 0. The van der Waals surface area contributed by atoms with Gasteiger partial charge in [0.2, 0.25) is 0 Å². The van der Waals surface area contributed by atoms with E-state index in [0.29, 0.717) is 0 Å². The van der Waals surface area contributed by atoms with Crippen LogP contribution in [0.5, 0.6) is 5.75 Å². The second-order valence-corrected chi connectivity index (χ2v) is 5.87. The molecule has 5 heteroatoms. The number of alkyl halides is 1. The second-order valence-electron chi connectivity index (χ2n) is 5.22. The highest BCUT2D eigenvalue weighted by molar-refractivity contribution is 6.20. The van der Waals surface area contributed by atoms with Crippen molar-refractivity contribution in [1.29, 1.82) is 0 Å². The van der Waals surface area contributed by atoms with E-state index >= 15 is 0 Å². The SMILES string of the molecule is COc1cccc2c1nc(C(C)Cl)n2C1CCOC1C. The van der Waals surface area contributed by atoms with Gasteiger partial charge in [0.05, 0.1) is 30.1 Å². The number of imidazole rings is 1. The third kappa shape index (κ3) is 2.07. The molecule has 3 unspecified atom stereocenters. The average molecular weight is 295 g/mol. The Bertz CT molecular complexity index is 624. The first kappa shape index (κ1) is 13.7. The summed E-state index contributed by atoms with van der Waals surface area (Å²) in [6, 6.07) is 6.27. The lowest BCUT2D eigenvalue weighted by Gasteiger charge is -2.20. The summed E-state index contributed by atoms with van der Waals surface area (Å²) in [4.78, 5) is 4.71. The molecule has 2 aromatic rings. The van der Waals surface area contributed by atoms with E-state index in [4.69, 9.17) is 26.1 Å². The molecule has 0 bridgehead atoms. The van der Waals surface area contributed by atoms with Crippen LogP contribution in [-0.4, -0.2) is 29.4 Å². The lowest BCUT2D eigenvalue weighted by Crippen LogP contribution is -2.19. The number of hydrogen-bond acceptors (Lipinski definition) is 3. The molecule has 20 heavy (non-hydrogen) atoms. The minimum atomic E-state index is -0.153. The molecule has 4 nitrogen and oxygen atoms in total. The van der Waals surface area contributed by atoms with Gasteiger partial charge in [-0.1, -0.05) is 6.07 Å². The van der Waals surface area contributed by atoms with E-state index in [1.165, 1.54) is 0 Å². The highest BCUT2D eigenvalue weighted by atomic mass is 35.5. The number of benzene rings is 1. The van der Waals surface area contributed by atoms with Crippen LogP contribution < -0.4 is 4.74 Å². The van der Waals surface area contributed by atoms with Gasteiger partial charge in [-0.3, -0.25) is 0 Å². The number of fused-ring (bicyclic) bond motifs is 1. The Hall–Kier alpha value is -1.26. The summed E-state index contributed by atoms with van der Waals surface area (Å²) in [5, 5.41) is -0.153. The molecule has 0 N–H and O–H groups in total. The van der Waals surface area contributed by atoms with Crippen molar-refractivity contribution in [2.24, 2.45) is 0 Å². The van der Waals surface area contributed by atoms with Crippen LogP contribution in [0.4, 0.5) is 0 Å².